The zero-order valence-electron chi connectivity index (χ0n) is 56.0. The molecule has 1 heterocycles. The van der Waals surface area contributed by atoms with E-state index in [1.54, 1.807) is 0 Å². The summed E-state index contributed by atoms with van der Waals surface area (Å²) in [4.78, 5) is 5.20. The fourth-order valence-corrected chi connectivity index (χ4v) is 17.1. The van der Waals surface area contributed by atoms with Crippen LogP contribution in [0.25, 0.3) is 22.3 Å². The zero-order chi connectivity index (χ0) is 61.6. The second-order valence-electron chi connectivity index (χ2n) is 33.6. The quantitative estimate of drug-likeness (QED) is 0.161. The van der Waals surface area contributed by atoms with E-state index in [0.717, 1.165) is 54.1 Å². The summed E-state index contributed by atoms with van der Waals surface area (Å²) < 4.78 is 0. The first-order chi connectivity index (χ1) is 40.8. The van der Waals surface area contributed by atoms with Crippen LogP contribution >= 0.6 is 0 Å². The Labute approximate surface area is 524 Å². The van der Waals surface area contributed by atoms with Gasteiger partial charge in [0.25, 0.3) is 0 Å². The Morgan fingerprint density at radius 2 is 0.770 bits per heavy atom. The van der Waals surface area contributed by atoms with E-state index in [1.165, 1.54) is 132 Å². The summed E-state index contributed by atoms with van der Waals surface area (Å²) in [6, 6.07) is 57.9. The molecule has 0 amide bonds. The Hall–Kier alpha value is -6.78. The molecule has 0 atom stereocenters. The van der Waals surface area contributed by atoms with Crippen LogP contribution in [0.3, 0.4) is 0 Å². The number of hydrogen-bond donors (Lipinski definition) is 1. The molecule has 0 aromatic heterocycles. The molecule has 0 fully saturated rings. The van der Waals surface area contributed by atoms with Crippen molar-refractivity contribution >= 4 is 63.7 Å². The Bertz CT molecular complexity index is 4100. The lowest BCUT2D eigenvalue weighted by Gasteiger charge is -2.45. The van der Waals surface area contributed by atoms with Crippen molar-refractivity contribution < 1.29 is 0 Å². The maximum atomic E-state index is 4.31. The number of fused-ring (bicyclic) bond motifs is 9. The summed E-state index contributed by atoms with van der Waals surface area (Å²) in [7, 11) is 2.60. The molecular weight excluding hydrogens is 1050 g/mol. The second-order valence-corrected chi connectivity index (χ2v) is 33.6. The summed E-state index contributed by atoms with van der Waals surface area (Å²) in [6.07, 6.45) is 9.33. The molecule has 0 saturated carbocycles. The number of nitrogens with one attached hydrogen (secondary N) is 1. The van der Waals surface area contributed by atoms with Gasteiger partial charge in [0.05, 0.1) is 0 Å². The fraction of sp³-hybridized carbons (Fsp3) is 0.422. The van der Waals surface area contributed by atoms with Crippen molar-refractivity contribution in [3.8, 4) is 22.3 Å². The minimum atomic E-state index is -0.247. The molecule has 1 N–H and O–H groups in total. The van der Waals surface area contributed by atoms with Gasteiger partial charge in [0.2, 0.25) is 0 Å². The van der Waals surface area contributed by atoms with E-state index in [1.807, 2.05) is 0 Å². The second kappa shape index (κ2) is 19.1. The smallest absolute Gasteiger partial charge is 0.197 e. The van der Waals surface area contributed by atoms with Gasteiger partial charge in [0, 0.05) is 56.5 Å². The standard InChI is InChI=1S/C83H95BN3/c1-75(2)33-35-77(5,6)64-41-51(29-31-60(64)75)85-71-49-63-56(57-46-66-67(47-62(57)83(63,17)18)80(11,12)38-37-79(66,9)10)45-58(71)59-42-55(86(52-25-21-19-22-26-52)53-27-23-20-24-28-53)44-73-74(59)84-70-48-68-69(82(15,16)40-39-81(68,13)14)50-72(70)87(73)54-30-32-61-65(43-54)78(7,8)36-34-76(61,3)4/h19-32,41-50,85H,33-40H2,1-18H3. The summed E-state index contributed by atoms with van der Waals surface area (Å²) in [5.74, 6) is 0. The van der Waals surface area contributed by atoms with Crippen molar-refractivity contribution in [2.24, 2.45) is 0 Å². The molecule has 0 saturated heterocycles. The lowest BCUT2D eigenvalue weighted by Crippen LogP contribution is -2.44. The van der Waals surface area contributed by atoms with Crippen molar-refractivity contribution in [1.82, 2.24) is 0 Å². The van der Waals surface area contributed by atoms with Crippen LogP contribution < -0.4 is 26.0 Å². The van der Waals surface area contributed by atoms with E-state index < -0.39 is 0 Å². The number of hydrogen-bond acceptors (Lipinski definition) is 3. The van der Waals surface area contributed by atoms with Crippen LogP contribution in [0.1, 0.15) is 232 Å². The number of nitrogens with zero attached hydrogens (tertiary/aromatic N) is 2. The van der Waals surface area contributed by atoms with E-state index in [4.69, 9.17) is 0 Å². The molecule has 3 nitrogen and oxygen atoms in total. The number of para-hydroxylation sites is 2. The monoisotopic (exact) mass is 1140 g/mol. The molecule has 0 spiro atoms. The van der Waals surface area contributed by atoms with Crippen LogP contribution in [-0.4, -0.2) is 7.28 Å². The SMILES string of the molecule is CC1(C)CCC(C)(C)c2cc(Nc3cc4c(cc3-c3cc(N(c5ccccc5)c5ccccc5)cc5c3[B]c3cc6c(cc3N5c3ccc5c(c3)C(C)(C)CCC5(C)C)C(C)(C)CCC6(C)C)-c3cc5c(cc3C4(C)C)C(C)(C)CCC5(C)C)ccc21. The topological polar surface area (TPSA) is 18.5 Å². The van der Waals surface area contributed by atoms with Gasteiger partial charge in [-0.25, -0.2) is 0 Å². The lowest BCUT2D eigenvalue weighted by molar-refractivity contribution is 0.331. The Kier molecular flexibility index (Phi) is 12.7. The van der Waals surface area contributed by atoms with Crippen LogP contribution in [0.5, 0.6) is 0 Å². The van der Waals surface area contributed by atoms with Crippen LogP contribution in [0, 0.1) is 0 Å². The van der Waals surface area contributed by atoms with Crippen LogP contribution in [-0.2, 0) is 48.7 Å². The molecule has 14 rings (SSSR count). The van der Waals surface area contributed by atoms with Gasteiger partial charge in [-0.1, -0.05) is 191 Å². The molecule has 1 aliphatic heterocycles. The van der Waals surface area contributed by atoms with Crippen molar-refractivity contribution in [3.63, 3.8) is 0 Å². The predicted octanol–water partition coefficient (Wildman–Crippen LogP) is 21.7. The van der Waals surface area contributed by atoms with E-state index in [9.17, 15) is 0 Å². The summed E-state index contributed by atoms with van der Waals surface area (Å²) in [6.45, 7) is 44.5. The summed E-state index contributed by atoms with van der Waals surface area (Å²) >= 11 is 0. The maximum Gasteiger partial charge on any atom is 0.197 e. The van der Waals surface area contributed by atoms with E-state index in [0.29, 0.717) is 0 Å². The molecule has 5 aliphatic carbocycles. The highest BCUT2D eigenvalue weighted by Gasteiger charge is 2.46. The first-order valence-electron chi connectivity index (χ1n) is 33.2. The zero-order valence-corrected chi connectivity index (χ0v) is 56.0. The molecule has 8 aromatic carbocycles. The van der Waals surface area contributed by atoms with E-state index in [-0.39, 0.29) is 48.7 Å². The third kappa shape index (κ3) is 9.15. The number of anilines is 8. The third-order valence-electron chi connectivity index (χ3n) is 23.5. The van der Waals surface area contributed by atoms with Gasteiger partial charge in [0.1, 0.15) is 0 Å². The molecule has 4 heteroatoms. The molecule has 445 valence electrons. The van der Waals surface area contributed by atoms with Gasteiger partial charge >= 0.3 is 0 Å². The average molecular weight is 1150 g/mol. The van der Waals surface area contributed by atoms with Crippen molar-refractivity contribution in [2.45, 2.75) is 225 Å². The maximum absolute atomic E-state index is 4.31. The van der Waals surface area contributed by atoms with Crippen molar-refractivity contribution in [2.75, 3.05) is 15.1 Å². The normalized spacial score (nSPS) is 20.8. The predicted molar refractivity (Wildman–Crippen MR) is 375 cm³/mol. The number of rotatable bonds is 7. The van der Waals surface area contributed by atoms with Gasteiger partial charge in [0.15, 0.2) is 7.28 Å². The first-order valence-corrected chi connectivity index (χ1v) is 33.2. The Morgan fingerprint density at radius 1 is 0.333 bits per heavy atom. The lowest BCUT2D eigenvalue weighted by atomic mass is 9.55. The van der Waals surface area contributed by atoms with Crippen LogP contribution in [0.4, 0.5) is 45.5 Å². The van der Waals surface area contributed by atoms with Gasteiger partial charge < -0.3 is 15.1 Å². The van der Waals surface area contributed by atoms with Gasteiger partial charge in [-0.05, 0) is 257 Å². The Morgan fingerprint density at radius 3 is 1.31 bits per heavy atom. The van der Waals surface area contributed by atoms with Gasteiger partial charge in [-0.2, -0.15) is 0 Å². The van der Waals surface area contributed by atoms with Gasteiger partial charge in [-0.15, -0.1) is 0 Å². The fourth-order valence-electron chi connectivity index (χ4n) is 17.1. The molecule has 0 bridgehead atoms. The van der Waals surface area contributed by atoms with Gasteiger partial charge in [-0.3, -0.25) is 0 Å². The van der Waals surface area contributed by atoms with E-state index in [2.05, 4.69) is 293 Å². The van der Waals surface area contributed by atoms with Crippen LogP contribution in [0.2, 0.25) is 0 Å². The first kappa shape index (κ1) is 57.9. The largest absolute Gasteiger partial charge is 0.355 e. The average Bonchev–Trinajstić information content (AvgIpc) is 1.74. The Balaban J connectivity index is 1.11. The van der Waals surface area contributed by atoms with Crippen molar-refractivity contribution in [3.05, 3.63) is 201 Å². The summed E-state index contributed by atoms with van der Waals surface area (Å²) in [5.41, 5.74) is 31.9. The third-order valence-corrected chi connectivity index (χ3v) is 23.5. The minimum absolute atomic E-state index is 0.0129. The minimum Gasteiger partial charge on any atom is -0.355 e. The van der Waals surface area contributed by atoms with Crippen LogP contribution in [0.15, 0.2) is 146 Å². The molecular formula is C83H95BN3. The molecule has 87 heavy (non-hydrogen) atoms. The summed E-state index contributed by atoms with van der Waals surface area (Å²) in [5, 5.41) is 4.31. The molecule has 6 aliphatic rings. The highest BCUT2D eigenvalue weighted by Crippen LogP contribution is 2.58. The molecule has 1 radical (unpaired) electrons. The highest BCUT2D eigenvalue weighted by molar-refractivity contribution is 6.73. The molecule has 8 aromatic rings. The number of benzene rings is 8. The molecule has 0 unspecified atom stereocenters. The van der Waals surface area contributed by atoms with E-state index >= 15 is 0 Å². The highest BCUT2D eigenvalue weighted by atomic mass is 15.2. The van der Waals surface area contributed by atoms with Crippen molar-refractivity contribution in [1.29, 1.82) is 0 Å².